The van der Waals surface area contributed by atoms with Gasteiger partial charge in [0, 0.05) is 23.3 Å². The van der Waals surface area contributed by atoms with Gasteiger partial charge < -0.3 is 14.4 Å². The molecule has 0 bridgehead atoms. The maximum atomic E-state index is 11.6. The molecule has 1 heterocycles. The van der Waals surface area contributed by atoms with E-state index in [1.54, 1.807) is 12.1 Å². The van der Waals surface area contributed by atoms with Crippen LogP contribution in [-0.2, 0) is 11.2 Å². The predicted octanol–water partition coefficient (Wildman–Crippen LogP) is 5.87. The van der Waals surface area contributed by atoms with Crippen molar-refractivity contribution in [1.29, 1.82) is 0 Å². The van der Waals surface area contributed by atoms with Crippen LogP contribution in [0.25, 0.3) is 16.9 Å². The van der Waals surface area contributed by atoms with Crippen LogP contribution in [0, 0.1) is 0 Å². The highest BCUT2D eigenvalue weighted by atomic mass is 35.5. The minimum Gasteiger partial charge on any atom is -0.478 e. The summed E-state index contributed by atoms with van der Waals surface area (Å²) in [6, 6.07) is 28.6. The number of rotatable bonds is 7. The van der Waals surface area contributed by atoms with Gasteiger partial charge in [-0.05, 0) is 71.8 Å². The Hall–Kier alpha value is -3.50. The lowest BCUT2D eigenvalue weighted by molar-refractivity contribution is -0.145. The van der Waals surface area contributed by atoms with E-state index in [2.05, 4.69) is 4.57 Å². The van der Waals surface area contributed by atoms with Crippen LogP contribution in [0.3, 0.4) is 0 Å². The lowest BCUT2D eigenvalue weighted by Gasteiger charge is -2.16. The van der Waals surface area contributed by atoms with Gasteiger partial charge in [-0.3, -0.25) is 0 Å². The zero-order valence-electron chi connectivity index (χ0n) is 16.1. The number of aliphatic carboxylic acids is 1. The van der Waals surface area contributed by atoms with E-state index in [1.807, 2.05) is 85.1 Å². The van der Waals surface area contributed by atoms with Gasteiger partial charge in [-0.1, -0.05) is 41.9 Å². The number of carbonyl (C=O) groups is 1. The molecule has 4 aromatic rings. The second kappa shape index (κ2) is 8.89. The molecule has 0 saturated heterocycles. The zero-order valence-corrected chi connectivity index (χ0v) is 16.9. The summed E-state index contributed by atoms with van der Waals surface area (Å²) in [5.41, 5.74) is 3.94. The molecule has 0 unspecified atom stereocenters. The average molecular weight is 418 g/mol. The molecule has 0 aliphatic heterocycles. The molecule has 1 N–H and O–H groups in total. The van der Waals surface area contributed by atoms with Crippen molar-refractivity contribution in [3.63, 3.8) is 0 Å². The van der Waals surface area contributed by atoms with Crippen molar-refractivity contribution in [3.05, 3.63) is 108 Å². The number of ether oxygens (including phenoxy) is 1. The van der Waals surface area contributed by atoms with E-state index in [0.29, 0.717) is 17.2 Å². The molecule has 0 fully saturated rings. The number of hydrogen-bond donors (Lipinski definition) is 1. The first-order valence-corrected chi connectivity index (χ1v) is 9.95. The fourth-order valence-electron chi connectivity index (χ4n) is 3.32. The van der Waals surface area contributed by atoms with Crippen molar-refractivity contribution in [2.75, 3.05) is 0 Å². The van der Waals surface area contributed by atoms with Crippen LogP contribution in [0.4, 0.5) is 0 Å². The third-order valence-electron chi connectivity index (χ3n) is 4.82. The molecule has 4 rings (SSSR count). The summed E-state index contributed by atoms with van der Waals surface area (Å²) < 4.78 is 7.83. The van der Waals surface area contributed by atoms with Crippen LogP contribution in [-0.4, -0.2) is 21.7 Å². The molecule has 5 heteroatoms. The molecule has 0 radical (unpaired) electrons. The number of hydrogen-bond acceptors (Lipinski definition) is 2. The van der Waals surface area contributed by atoms with E-state index in [0.717, 1.165) is 22.5 Å². The van der Waals surface area contributed by atoms with Gasteiger partial charge in [-0.15, -0.1) is 0 Å². The van der Waals surface area contributed by atoms with Gasteiger partial charge in [0.05, 0.1) is 5.69 Å². The van der Waals surface area contributed by atoms with Crippen LogP contribution in [0.5, 0.6) is 5.75 Å². The van der Waals surface area contributed by atoms with E-state index in [4.69, 9.17) is 16.3 Å². The van der Waals surface area contributed by atoms with E-state index >= 15 is 0 Å². The second-order valence-electron chi connectivity index (χ2n) is 6.90. The first kappa shape index (κ1) is 19.8. The summed E-state index contributed by atoms with van der Waals surface area (Å²) in [5, 5.41) is 10.2. The molecule has 30 heavy (non-hydrogen) atoms. The first-order chi connectivity index (χ1) is 14.6. The third kappa shape index (κ3) is 4.56. The molecular formula is C25H20ClNO3. The van der Waals surface area contributed by atoms with E-state index < -0.39 is 12.1 Å². The minimum absolute atomic E-state index is 0.303. The minimum atomic E-state index is -0.987. The highest BCUT2D eigenvalue weighted by Gasteiger charge is 2.20. The molecule has 0 aliphatic carbocycles. The van der Waals surface area contributed by atoms with Gasteiger partial charge in [-0.25, -0.2) is 4.79 Å². The lowest BCUT2D eigenvalue weighted by Crippen LogP contribution is -2.29. The molecule has 4 nitrogen and oxygen atoms in total. The maximum absolute atomic E-state index is 11.6. The van der Waals surface area contributed by atoms with E-state index in [-0.39, 0.29) is 0 Å². The van der Waals surface area contributed by atoms with Crippen LogP contribution >= 0.6 is 11.6 Å². The standard InChI is InChI=1S/C25H20ClNO3/c26-20-10-12-21(13-11-20)27-16-4-7-23(27)19-8-14-22(15-9-19)30-24(25(28)29)17-18-5-2-1-3-6-18/h1-16,24H,17H2,(H,28,29)/t24-/m1/s1. The SMILES string of the molecule is O=C(O)[C@@H](Cc1ccccc1)Oc1ccc(-c2cccn2-c2ccc(Cl)cc2)cc1. The Morgan fingerprint density at radius 3 is 2.27 bits per heavy atom. The number of aromatic nitrogens is 1. The van der Waals surface area contributed by atoms with Crippen LogP contribution in [0.2, 0.25) is 5.02 Å². The topological polar surface area (TPSA) is 51.5 Å². The molecule has 0 spiro atoms. The Labute approximate surface area is 179 Å². The van der Waals surface area contributed by atoms with Gasteiger partial charge in [-0.2, -0.15) is 0 Å². The van der Waals surface area contributed by atoms with Crippen molar-refractivity contribution in [2.24, 2.45) is 0 Å². The molecule has 0 saturated carbocycles. The Kier molecular flexibility index (Phi) is 5.87. The average Bonchev–Trinajstić information content (AvgIpc) is 3.25. The fraction of sp³-hybridized carbons (Fsp3) is 0.0800. The molecule has 1 atom stereocenters. The first-order valence-electron chi connectivity index (χ1n) is 9.57. The Balaban J connectivity index is 1.53. The van der Waals surface area contributed by atoms with Crippen molar-refractivity contribution >= 4 is 17.6 Å². The molecule has 150 valence electrons. The van der Waals surface area contributed by atoms with Gasteiger partial charge in [0.2, 0.25) is 0 Å². The van der Waals surface area contributed by atoms with Gasteiger partial charge in [0.25, 0.3) is 0 Å². The number of carboxylic acid groups (broad SMARTS) is 1. The normalized spacial score (nSPS) is 11.8. The summed E-state index contributed by atoms with van der Waals surface area (Å²) in [6.45, 7) is 0. The predicted molar refractivity (Wildman–Crippen MR) is 118 cm³/mol. The molecule has 0 aliphatic rings. The largest absolute Gasteiger partial charge is 0.478 e. The zero-order chi connectivity index (χ0) is 20.9. The monoisotopic (exact) mass is 417 g/mol. The van der Waals surface area contributed by atoms with Crippen molar-refractivity contribution < 1.29 is 14.6 Å². The number of carboxylic acids is 1. The van der Waals surface area contributed by atoms with Crippen molar-refractivity contribution in [1.82, 2.24) is 4.57 Å². The van der Waals surface area contributed by atoms with Crippen LogP contribution < -0.4 is 4.74 Å². The highest BCUT2D eigenvalue weighted by Crippen LogP contribution is 2.27. The van der Waals surface area contributed by atoms with Crippen molar-refractivity contribution in [3.8, 4) is 22.7 Å². The summed E-state index contributed by atoms with van der Waals surface area (Å²) in [7, 11) is 0. The van der Waals surface area contributed by atoms with Gasteiger partial charge in [0.15, 0.2) is 6.10 Å². The smallest absolute Gasteiger partial charge is 0.345 e. The van der Waals surface area contributed by atoms with Crippen LogP contribution in [0.15, 0.2) is 97.2 Å². The Morgan fingerprint density at radius 2 is 1.60 bits per heavy atom. The maximum Gasteiger partial charge on any atom is 0.345 e. The van der Waals surface area contributed by atoms with Crippen LogP contribution in [0.1, 0.15) is 5.56 Å². The van der Waals surface area contributed by atoms with E-state index in [9.17, 15) is 9.90 Å². The fourth-order valence-corrected chi connectivity index (χ4v) is 3.45. The summed E-state index contributed by atoms with van der Waals surface area (Å²) >= 11 is 6.00. The molecular weight excluding hydrogens is 398 g/mol. The number of halogens is 1. The summed E-state index contributed by atoms with van der Waals surface area (Å²) in [6.07, 6.45) is 1.34. The van der Waals surface area contributed by atoms with E-state index in [1.165, 1.54) is 0 Å². The molecule has 0 amide bonds. The molecule has 1 aromatic heterocycles. The molecule has 3 aromatic carbocycles. The van der Waals surface area contributed by atoms with Gasteiger partial charge >= 0.3 is 5.97 Å². The lowest BCUT2D eigenvalue weighted by atomic mass is 10.1. The third-order valence-corrected chi connectivity index (χ3v) is 5.07. The quantitative estimate of drug-likeness (QED) is 0.409. The van der Waals surface area contributed by atoms with Crippen molar-refractivity contribution in [2.45, 2.75) is 12.5 Å². The summed E-state index contributed by atoms with van der Waals surface area (Å²) in [4.78, 5) is 11.6. The Morgan fingerprint density at radius 1 is 0.900 bits per heavy atom. The van der Waals surface area contributed by atoms with Gasteiger partial charge in [0.1, 0.15) is 5.75 Å². The number of benzene rings is 3. The highest BCUT2D eigenvalue weighted by molar-refractivity contribution is 6.30. The summed E-state index contributed by atoms with van der Waals surface area (Å²) in [5.74, 6) is -0.466. The second-order valence-corrected chi connectivity index (χ2v) is 7.34. The Bertz CT molecular complexity index is 1120. The number of nitrogens with zero attached hydrogens (tertiary/aromatic N) is 1.